The number of nitrogens with one attached hydrogen (secondary N) is 2. The van der Waals surface area contributed by atoms with Crippen LogP contribution in [0.2, 0.25) is 0 Å². The van der Waals surface area contributed by atoms with Crippen molar-refractivity contribution in [1.29, 1.82) is 0 Å². The number of benzene rings is 2. The second-order valence-electron chi connectivity index (χ2n) is 6.56. The molecule has 0 aromatic heterocycles. The molecule has 26 heavy (non-hydrogen) atoms. The van der Waals surface area contributed by atoms with E-state index in [2.05, 4.69) is 10.6 Å². The Morgan fingerprint density at radius 2 is 1.62 bits per heavy atom. The number of carbonyl (C=O) groups excluding carboxylic acids is 1. The third kappa shape index (κ3) is 4.83. The van der Waals surface area contributed by atoms with Gasteiger partial charge in [0, 0.05) is 23.8 Å². The Balaban J connectivity index is 1.46. The number of nitrogens with two attached hydrogens (primary N) is 1. The molecule has 1 amide bonds. The van der Waals surface area contributed by atoms with Gasteiger partial charge in [-0.1, -0.05) is 18.6 Å². The average Bonchev–Trinajstić information content (AvgIpc) is 2.54. The van der Waals surface area contributed by atoms with Gasteiger partial charge in [0.2, 0.25) is 15.9 Å². The topological polar surface area (TPSA) is 101 Å². The third-order valence-corrected chi connectivity index (χ3v) is 5.55. The largest absolute Gasteiger partial charge is 0.385 e. The summed E-state index contributed by atoms with van der Waals surface area (Å²) in [7, 11) is -3.65. The quantitative estimate of drug-likeness (QED) is 0.694. The Labute approximate surface area is 153 Å². The van der Waals surface area contributed by atoms with Crippen LogP contribution in [0.25, 0.3) is 0 Å². The van der Waals surface area contributed by atoms with Gasteiger partial charge in [-0.05, 0) is 61.2 Å². The number of hydrogen-bond acceptors (Lipinski definition) is 4. The van der Waals surface area contributed by atoms with Crippen LogP contribution in [0.5, 0.6) is 0 Å². The number of sulfonamides is 1. The number of rotatable bonds is 7. The molecule has 7 heteroatoms. The molecule has 0 unspecified atom stereocenters. The number of primary sulfonamides is 1. The molecule has 0 saturated heterocycles. The van der Waals surface area contributed by atoms with Crippen molar-refractivity contribution < 1.29 is 13.2 Å². The summed E-state index contributed by atoms with van der Waals surface area (Å²) in [6, 6.07) is 14.2. The van der Waals surface area contributed by atoms with Crippen LogP contribution in [0.4, 0.5) is 11.4 Å². The van der Waals surface area contributed by atoms with Crippen LogP contribution in [0.3, 0.4) is 0 Å². The molecule has 3 rings (SSSR count). The van der Waals surface area contributed by atoms with Crippen molar-refractivity contribution in [2.75, 3.05) is 17.2 Å². The van der Waals surface area contributed by atoms with E-state index in [1.165, 1.54) is 12.1 Å². The lowest BCUT2D eigenvalue weighted by Gasteiger charge is -2.24. The number of amides is 1. The van der Waals surface area contributed by atoms with Crippen LogP contribution in [0, 0.1) is 5.92 Å². The van der Waals surface area contributed by atoms with E-state index in [1.807, 2.05) is 24.3 Å². The van der Waals surface area contributed by atoms with Gasteiger partial charge < -0.3 is 10.6 Å². The molecule has 1 fully saturated rings. The Morgan fingerprint density at radius 1 is 1.00 bits per heavy atom. The molecule has 2 aromatic rings. The van der Waals surface area contributed by atoms with Gasteiger partial charge in [-0.15, -0.1) is 0 Å². The van der Waals surface area contributed by atoms with Crippen LogP contribution in [-0.2, 0) is 21.2 Å². The Morgan fingerprint density at radius 3 is 2.15 bits per heavy atom. The van der Waals surface area contributed by atoms with Gasteiger partial charge in [-0.3, -0.25) is 4.79 Å². The highest BCUT2D eigenvalue weighted by Gasteiger charge is 2.24. The van der Waals surface area contributed by atoms with Gasteiger partial charge in [0.15, 0.2) is 0 Å². The number of anilines is 2. The first-order valence-electron chi connectivity index (χ1n) is 8.68. The number of hydrogen-bond donors (Lipinski definition) is 3. The Kier molecular flexibility index (Phi) is 5.58. The zero-order chi connectivity index (χ0) is 18.6. The molecule has 6 nitrogen and oxygen atoms in total. The molecule has 0 heterocycles. The van der Waals surface area contributed by atoms with Crippen molar-refractivity contribution in [2.24, 2.45) is 11.1 Å². The summed E-state index contributed by atoms with van der Waals surface area (Å²) in [5.74, 6) is 0.286. The van der Waals surface area contributed by atoms with E-state index >= 15 is 0 Å². The van der Waals surface area contributed by atoms with Gasteiger partial charge in [-0.25, -0.2) is 13.6 Å². The monoisotopic (exact) mass is 373 g/mol. The fraction of sp³-hybridized carbons (Fsp3) is 0.316. The van der Waals surface area contributed by atoms with Crippen molar-refractivity contribution in [2.45, 2.75) is 30.6 Å². The van der Waals surface area contributed by atoms with E-state index in [1.54, 1.807) is 12.1 Å². The summed E-state index contributed by atoms with van der Waals surface area (Å²) in [6.07, 6.45) is 3.88. The van der Waals surface area contributed by atoms with Crippen LogP contribution in [0.15, 0.2) is 53.4 Å². The maximum Gasteiger partial charge on any atom is 0.238 e. The third-order valence-electron chi connectivity index (χ3n) is 4.62. The van der Waals surface area contributed by atoms with Crippen LogP contribution < -0.4 is 15.8 Å². The summed E-state index contributed by atoms with van der Waals surface area (Å²) in [4.78, 5) is 12.0. The zero-order valence-corrected chi connectivity index (χ0v) is 15.3. The first kappa shape index (κ1) is 18.4. The van der Waals surface area contributed by atoms with E-state index in [0.29, 0.717) is 6.54 Å². The highest BCUT2D eigenvalue weighted by atomic mass is 32.2. The molecule has 1 aliphatic carbocycles. The lowest BCUT2D eigenvalue weighted by Crippen LogP contribution is -2.27. The lowest BCUT2D eigenvalue weighted by atomic mass is 9.85. The molecule has 0 bridgehead atoms. The molecular weight excluding hydrogens is 350 g/mol. The van der Waals surface area contributed by atoms with Crippen molar-refractivity contribution in [3.8, 4) is 0 Å². The second-order valence-corrected chi connectivity index (χ2v) is 8.12. The van der Waals surface area contributed by atoms with Gasteiger partial charge >= 0.3 is 0 Å². The summed E-state index contributed by atoms with van der Waals surface area (Å²) in [5.41, 5.74) is 2.80. The lowest BCUT2D eigenvalue weighted by molar-refractivity contribution is -0.122. The predicted octanol–water partition coefficient (Wildman–Crippen LogP) is 2.73. The normalized spacial score (nSPS) is 14.5. The van der Waals surface area contributed by atoms with Crippen LogP contribution in [-0.4, -0.2) is 20.9 Å². The maximum absolute atomic E-state index is 11.9. The van der Waals surface area contributed by atoms with E-state index < -0.39 is 10.0 Å². The fourth-order valence-corrected chi connectivity index (χ4v) is 3.30. The number of carbonyl (C=O) groups is 1. The molecule has 138 valence electrons. The SMILES string of the molecule is NS(=O)(=O)c1ccc(CCNc2ccc(NC(=O)C3CCC3)cc2)cc1. The highest BCUT2D eigenvalue weighted by Crippen LogP contribution is 2.27. The highest BCUT2D eigenvalue weighted by molar-refractivity contribution is 7.89. The molecule has 0 radical (unpaired) electrons. The van der Waals surface area contributed by atoms with Crippen molar-refractivity contribution in [3.63, 3.8) is 0 Å². The van der Waals surface area contributed by atoms with Crippen LogP contribution >= 0.6 is 0 Å². The standard InChI is InChI=1S/C19H23N3O3S/c20-26(24,25)18-10-4-14(5-11-18)12-13-21-16-6-8-17(9-7-16)22-19(23)15-2-1-3-15/h4-11,15,21H,1-3,12-13H2,(H,22,23)(H2,20,24,25). The summed E-state index contributed by atoms with van der Waals surface area (Å²) < 4.78 is 22.5. The van der Waals surface area contributed by atoms with E-state index in [-0.39, 0.29) is 16.7 Å². The van der Waals surface area contributed by atoms with E-state index in [9.17, 15) is 13.2 Å². The molecule has 1 saturated carbocycles. The van der Waals surface area contributed by atoms with Gasteiger partial charge in [0.05, 0.1) is 4.90 Å². The van der Waals surface area contributed by atoms with E-state index in [0.717, 1.165) is 42.6 Å². The maximum atomic E-state index is 11.9. The first-order chi connectivity index (χ1) is 12.4. The molecule has 0 spiro atoms. The summed E-state index contributed by atoms with van der Waals surface area (Å²) >= 11 is 0. The molecule has 0 atom stereocenters. The summed E-state index contributed by atoms with van der Waals surface area (Å²) in [5, 5.41) is 11.3. The van der Waals surface area contributed by atoms with Crippen LogP contribution in [0.1, 0.15) is 24.8 Å². The van der Waals surface area contributed by atoms with Gasteiger partial charge in [-0.2, -0.15) is 0 Å². The second kappa shape index (κ2) is 7.88. The zero-order valence-electron chi connectivity index (χ0n) is 14.4. The van der Waals surface area contributed by atoms with Gasteiger partial charge in [0.1, 0.15) is 0 Å². The first-order valence-corrected chi connectivity index (χ1v) is 10.2. The molecule has 0 aliphatic heterocycles. The van der Waals surface area contributed by atoms with Gasteiger partial charge in [0.25, 0.3) is 0 Å². The Bertz CT molecular complexity index is 858. The molecular formula is C19H23N3O3S. The smallest absolute Gasteiger partial charge is 0.238 e. The fourth-order valence-electron chi connectivity index (χ4n) is 2.78. The summed E-state index contributed by atoms with van der Waals surface area (Å²) in [6.45, 7) is 0.711. The molecule has 2 aromatic carbocycles. The van der Waals surface area contributed by atoms with Crippen molar-refractivity contribution >= 4 is 27.3 Å². The minimum atomic E-state index is -3.65. The van der Waals surface area contributed by atoms with Crippen molar-refractivity contribution in [1.82, 2.24) is 0 Å². The minimum absolute atomic E-state index is 0.111. The van der Waals surface area contributed by atoms with Crippen molar-refractivity contribution in [3.05, 3.63) is 54.1 Å². The Hall–Kier alpha value is -2.38. The van der Waals surface area contributed by atoms with E-state index in [4.69, 9.17) is 5.14 Å². The minimum Gasteiger partial charge on any atom is -0.385 e. The predicted molar refractivity (Wildman–Crippen MR) is 102 cm³/mol. The average molecular weight is 373 g/mol. The molecule has 4 N–H and O–H groups in total. The molecule has 1 aliphatic rings.